The van der Waals surface area contributed by atoms with E-state index >= 15 is 0 Å². The number of aromatic nitrogens is 3. The van der Waals surface area contributed by atoms with E-state index in [0.717, 1.165) is 72.0 Å². The fourth-order valence-electron chi connectivity index (χ4n) is 8.20. The van der Waals surface area contributed by atoms with Crippen LogP contribution in [0.2, 0.25) is 0 Å². The minimum Gasteiger partial charge on any atom is -0.455 e. The SMILES string of the molecule is c1ccc(-c2nc(-c3ccc(-c4ccccc4)c(-c4cccc5ccccc45)c3)nc(-c3cccc4oc5c(-c6ccc7ccccc7c6)cccc5c34)n2)cc1. The minimum absolute atomic E-state index is 0.585. The molecule has 4 nitrogen and oxygen atoms in total. The molecule has 0 saturated heterocycles. The topological polar surface area (TPSA) is 51.8 Å². The fraction of sp³-hybridized carbons (Fsp3) is 0. The second kappa shape index (κ2) is 13.6. The molecule has 266 valence electrons. The Hall–Kier alpha value is -7.69. The van der Waals surface area contributed by atoms with E-state index < -0.39 is 0 Å². The third-order valence-electron chi connectivity index (χ3n) is 10.9. The van der Waals surface area contributed by atoms with Crippen molar-refractivity contribution >= 4 is 43.5 Å². The van der Waals surface area contributed by atoms with Gasteiger partial charge in [0.1, 0.15) is 11.2 Å². The lowest BCUT2D eigenvalue weighted by molar-refractivity contribution is 0.670. The standard InChI is InChI=1S/C53H33N3O/c1-3-15-35(16-4-1)42-31-30-40(33-47(42)44-24-11-21-36-17-9-10-22-41(36)44)52-54-51(37-18-5-2-6-19-37)55-53(56-52)46-26-13-27-48-49(46)45-25-12-23-43(50(45)57-48)39-29-28-34-14-7-8-20-38(34)32-39/h1-33H. The highest BCUT2D eigenvalue weighted by molar-refractivity contribution is 6.15. The summed E-state index contributed by atoms with van der Waals surface area (Å²) in [5.74, 6) is 1.79. The summed E-state index contributed by atoms with van der Waals surface area (Å²) in [5.41, 5.74) is 11.0. The van der Waals surface area contributed by atoms with Crippen LogP contribution in [0.1, 0.15) is 0 Å². The number of furan rings is 1. The van der Waals surface area contributed by atoms with E-state index in [1.54, 1.807) is 0 Å². The molecule has 2 aromatic heterocycles. The molecule has 0 bridgehead atoms. The summed E-state index contributed by atoms with van der Waals surface area (Å²) in [6, 6.07) is 69.9. The zero-order valence-electron chi connectivity index (χ0n) is 30.8. The minimum atomic E-state index is 0.585. The molecule has 0 aliphatic rings. The highest BCUT2D eigenvalue weighted by Gasteiger charge is 2.21. The Morgan fingerprint density at radius 2 is 0.895 bits per heavy atom. The normalized spacial score (nSPS) is 11.5. The molecule has 2 heterocycles. The molecule has 9 aromatic carbocycles. The van der Waals surface area contributed by atoms with E-state index in [1.807, 2.05) is 42.5 Å². The Morgan fingerprint density at radius 1 is 0.298 bits per heavy atom. The zero-order valence-corrected chi connectivity index (χ0v) is 30.8. The average Bonchev–Trinajstić information content (AvgIpc) is 3.68. The van der Waals surface area contributed by atoms with Crippen molar-refractivity contribution in [2.45, 2.75) is 0 Å². The zero-order chi connectivity index (χ0) is 37.7. The Morgan fingerprint density at radius 3 is 1.74 bits per heavy atom. The predicted octanol–water partition coefficient (Wildman–Crippen LogP) is 14.1. The van der Waals surface area contributed by atoms with Crippen LogP contribution in [0, 0.1) is 0 Å². The van der Waals surface area contributed by atoms with Gasteiger partial charge in [-0.3, -0.25) is 0 Å². The number of nitrogens with zero attached hydrogens (tertiary/aromatic N) is 3. The summed E-state index contributed by atoms with van der Waals surface area (Å²) in [7, 11) is 0. The fourth-order valence-corrected chi connectivity index (χ4v) is 8.20. The molecule has 0 radical (unpaired) electrons. The van der Waals surface area contributed by atoms with Crippen molar-refractivity contribution in [1.82, 2.24) is 15.0 Å². The summed E-state index contributed by atoms with van der Waals surface area (Å²) in [4.78, 5) is 15.6. The third-order valence-corrected chi connectivity index (χ3v) is 10.9. The highest BCUT2D eigenvalue weighted by atomic mass is 16.3. The summed E-state index contributed by atoms with van der Waals surface area (Å²) >= 11 is 0. The molecule has 11 rings (SSSR count). The molecular formula is C53H33N3O. The third kappa shape index (κ3) is 5.74. The van der Waals surface area contributed by atoms with E-state index in [-0.39, 0.29) is 0 Å². The van der Waals surface area contributed by atoms with Crippen molar-refractivity contribution < 1.29 is 4.42 Å². The number of rotatable bonds is 6. The van der Waals surface area contributed by atoms with Crippen LogP contribution in [-0.4, -0.2) is 15.0 Å². The second-order valence-corrected chi connectivity index (χ2v) is 14.4. The first kappa shape index (κ1) is 32.7. The molecule has 57 heavy (non-hydrogen) atoms. The van der Waals surface area contributed by atoms with Gasteiger partial charge in [-0.1, -0.05) is 182 Å². The van der Waals surface area contributed by atoms with Crippen molar-refractivity contribution in [3.63, 3.8) is 0 Å². The van der Waals surface area contributed by atoms with Gasteiger partial charge >= 0.3 is 0 Å². The lowest BCUT2D eigenvalue weighted by atomic mass is 9.90. The van der Waals surface area contributed by atoms with E-state index in [1.165, 1.54) is 21.5 Å². The number of hydrogen-bond acceptors (Lipinski definition) is 4. The number of fused-ring (bicyclic) bond motifs is 5. The van der Waals surface area contributed by atoms with Crippen molar-refractivity contribution in [1.29, 1.82) is 0 Å². The molecule has 0 aliphatic heterocycles. The van der Waals surface area contributed by atoms with Crippen LogP contribution in [0.25, 0.3) is 111 Å². The van der Waals surface area contributed by atoms with Crippen LogP contribution in [0.3, 0.4) is 0 Å². The first-order valence-electron chi connectivity index (χ1n) is 19.2. The van der Waals surface area contributed by atoms with Crippen LogP contribution in [0.5, 0.6) is 0 Å². The molecule has 0 spiro atoms. The van der Waals surface area contributed by atoms with Crippen molar-refractivity contribution in [2.24, 2.45) is 0 Å². The van der Waals surface area contributed by atoms with E-state index in [0.29, 0.717) is 17.5 Å². The smallest absolute Gasteiger partial charge is 0.164 e. The van der Waals surface area contributed by atoms with Gasteiger partial charge in [0, 0.05) is 33.0 Å². The molecule has 0 aliphatic carbocycles. The lowest BCUT2D eigenvalue weighted by Crippen LogP contribution is -2.01. The maximum Gasteiger partial charge on any atom is 0.164 e. The van der Waals surface area contributed by atoms with Gasteiger partial charge in [0.15, 0.2) is 17.5 Å². The molecule has 0 saturated carbocycles. The van der Waals surface area contributed by atoms with Crippen LogP contribution >= 0.6 is 0 Å². The molecular weight excluding hydrogens is 695 g/mol. The summed E-state index contributed by atoms with van der Waals surface area (Å²) in [6.45, 7) is 0. The lowest BCUT2D eigenvalue weighted by Gasteiger charge is -2.15. The highest BCUT2D eigenvalue weighted by Crippen LogP contribution is 2.42. The molecule has 0 amide bonds. The molecule has 0 fully saturated rings. The first-order valence-corrected chi connectivity index (χ1v) is 19.2. The Kier molecular flexibility index (Phi) is 7.78. The van der Waals surface area contributed by atoms with Crippen LogP contribution in [-0.2, 0) is 0 Å². The Labute approximate surface area is 329 Å². The van der Waals surface area contributed by atoms with Gasteiger partial charge in [-0.05, 0) is 67.6 Å². The van der Waals surface area contributed by atoms with Gasteiger partial charge in [0.05, 0.1) is 0 Å². The van der Waals surface area contributed by atoms with Gasteiger partial charge < -0.3 is 4.42 Å². The van der Waals surface area contributed by atoms with Crippen LogP contribution < -0.4 is 0 Å². The van der Waals surface area contributed by atoms with Crippen molar-refractivity contribution in [3.8, 4) is 67.5 Å². The first-order chi connectivity index (χ1) is 28.2. The molecule has 4 heteroatoms. The summed E-state index contributed by atoms with van der Waals surface area (Å²) in [6.07, 6.45) is 0. The second-order valence-electron chi connectivity index (χ2n) is 14.4. The largest absolute Gasteiger partial charge is 0.455 e. The van der Waals surface area contributed by atoms with Crippen molar-refractivity contribution in [3.05, 3.63) is 200 Å². The molecule has 0 atom stereocenters. The number of benzene rings is 9. The Bertz CT molecular complexity index is 3290. The predicted molar refractivity (Wildman–Crippen MR) is 235 cm³/mol. The molecule has 0 N–H and O–H groups in total. The summed E-state index contributed by atoms with van der Waals surface area (Å²) < 4.78 is 6.73. The quantitative estimate of drug-likeness (QED) is 0.171. The maximum atomic E-state index is 6.73. The van der Waals surface area contributed by atoms with Crippen LogP contribution in [0.4, 0.5) is 0 Å². The molecule has 0 unspecified atom stereocenters. The maximum absolute atomic E-state index is 6.73. The van der Waals surface area contributed by atoms with E-state index in [9.17, 15) is 0 Å². The van der Waals surface area contributed by atoms with Gasteiger partial charge in [-0.15, -0.1) is 0 Å². The monoisotopic (exact) mass is 727 g/mol. The van der Waals surface area contributed by atoms with Gasteiger partial charge in [0.25, 0.3) is 0 Å². The van der Waals surface area contributed by atoms with E-state index in [4.69, 9.17) is 19.4 Å². The van der Waals surface area contributed by atoms with Gasteiger partial charge in [-0.2, -0.15) is 0 Å². The Balaban J connectivity index is 1.13. The number of para-hydroxylation sites is 1. The van der Waals surface area contributed by atoms with E-state index in [2.05, 4.69) is 158 Å². The number of hydrogen-bond donors (Lipinski definition) is 0. The van der Waals surface area contributed by atoms with Gasteiger partial charge in [0.2, 0.25) is 0 Å². The van der Waals surface area contributed by atoms with Gasteiger partial charge in [-0.25, -0.2) is 15.0 Å². The molecule has 11 aromatic rings. The van der Waals surface area contributed by atoms with Crippen molar-refractivity contribution in [2.75, 3.05) is 0 Å². The average molecular weight is 728 g/mol. The van der Waals surface area contributed by atoms with Crippen LogP contribution in [0.15, 0.2) is 205 Å². The summed E-state index contributed by atoms with van der Waals surface area (Å²) in [5, 5.41) is 6.77.